The van der Waals surface area contributed by atoms with Crippen LogP contribution in [0.3, 0.4) is 0 Å². The number of rotatable bonds is 10. The summed E-state index contributed by atoms with van der Waals surface area (Å²) >= 11 is 0. The highest BCUT2D eigenvalue weighted by Crippen LogP contribution is 2.40. The van der Waals surface area contributed by atoms with E-state index in [1.165, 1.54) is 4.90 Å². The van der Waals surface area contributed by atoms with E-state index in [2.05, 4.69) is 24.8 Å². The number of nitrogens with two attached hydrogens (primary N) is 1. The first-order valence-electron chi connectivity index (χ1n) is 12.0. The predicted molar refractivity (Wildman–Crippen MR) is 133 cm³/mol. The topological polar surface area (TPSA) is 107 Å². The Morgan fingerprint density at radius 2 is 1.94 bits per heavy atom. The zero-order valence-electron chi connectivity index (χ0n) is 20.2. The molecule has 0 spiro atoms. The van der Waals surface area contributed by atoms with Gasteiger partial charge in [0.2, 0.25) is 5.91 Å². The molecule has 0 radical (unpaired) electrons. The smallest absolute Gasteiger partial charge is 0.326 e. The van der Waals surface area contributed by atoms with Crippen LogP contribution in [0.25, 0.3) is 0 Å². The van der Waals surface area contributed by atoms with Gasteiger partial charge in [-0.05, 0) is 47.6 Å². The van der Waals surface area contributed by atoms with E-state index in [-0.39, 0.29) is 43.0 Å². The largest absolute Gasteiger partial charge is 0.508 e. The summed E-state index contributed by atoms with van der Waals surface area (Å²) < 4.78 is 0. The molecule has 4 N–H and O–H groups in total. The fourth-order valence-electron chi connectivity index (χ4n) is 4.97. The van der Waals surface area contributed by atoms with Crippen molar-refractivity contribution in [2.24, 2.45) is 11.7 Å². The van der Waals surface area contributed by atoms with Gasteiger partial charge in [0.25, 0.3) is 0 Å². The van der Waals surface area contributed by atoms with Crippen LogP contribution in [0, 0.1) is 5.92 Å². The van der Waals surface area contributed by atoms with E-state index >= 15 is 0 Å². The number of amides is 1. The minimum Gasteiger partial charge on any atom is -0.508 e. The normalized spacial score (nSPS) is 21.7. The maximum absolute atomic E-state index is 13.1. The van der Waals surface area contributed by atoms with Gasteiger partial charge in [-0.25, -0.2) is 4.79 Å². The second-order valence-corrected chi connectivity index (χ2v) is 9.59. The average Bonchev–Trinajstić information content (AvgIpc) is 2.82. The summed E-state index contributed by atoms with van der Waals surface area (Å²) in [6, 6.07) is 15.9. The highest BCUT2D eigenvalue weighted by molar-refractivity contribution is 5.84. The number of nitrogens with zero attached hydrogens (tertiary/aromatic N) is 2. The molecular formula is C27H37N3O4. The molecule has 0 bridgehead atoms. The Bertz CT molecular complexity index is 967. The molecule has 1 aliphatic rings. The molecule has 1 amide bonds. The van der Waals surface area contributed by atoms with Crippen LogP contribution >= 0.6 is 0 Å². The van der Waals surface area contributed by atoms with E-state index in [4.69, 9.17) is 5.73 Å². The van der Waals surface area contributed by atoms with Crippen molar-refractivity contribution in [3.05, 3.63) is 65.7 Å². The van der Waals surface area contributed by atoms with Crippen molar-refractivity contribution in [2.75, 3.05) is 32.7 Å². The van der Waals surface area contributed by atoms with Crippen LogP contribution in [0.2, 0.25) is 0 Å². The molecular weight excluding hydrogens is 430 g/mol. The molecule has 0 saturated carbocycles. The van der Waals surface area contributed by atoms with Gasteiger partial charge in [0.05, 0.1) is 0 Å². The fourth-order valence-corrected chi connectivity index (χ4v) is 4.97. The summed E-state index contributed by atoms with van der Waals surface area (Å²) in [5, 5.41) is 19.8. The molecule has 3 atom stereocenters. The van der Waals surface area contributed by atoms with Gasteiger partial charge in [0.15, 0.2) is 0 Å². The van der Waals surface area contributed by atoms with Crippen molar-refractivity contribution in [3.8, 4) is 5.75 Å². The molecule has 3 rings (SSSR count). The molecule has 1 aliphatic heterocycles. The highest BCUT2D eigenvalue weighted by Gasteiger charge is 2.38. The Balaban J connectivity index is 1.62. The Kier molecular flexibility index (Phi) is 8.69. The van der Waals surface area contributed by atoms with Gasteiger partial charge in [0, 0.05) is 39.0 Å². The number of hydrogen-bond acceptors (Lipinski definition) is 5. The van der Waals surface area contributed by atoms with Gasteiger partial charge in [-0.15, -0.1) is 0 Å². The van der Waals surface area contributed by atoms with Crippen molar-refractivity contribution in [2.45, 2.75) is 44.6 Å². The number of carbonyl (C=O) groups is 2. The monoisotopic (exact) mass is 467 g/mol. The Morgan fingerprint density at radius 3 is 2.56 bits per heavy atom. The Morgan fingerprint density at radius 1 is 1.21 bits per heavy atom. The number of benzene rings is 2. The molecule has 2 aromatic carbocycles. The molecule has 34 heavy (non-hydrogen) atoms. The van der Waals surface area contributed by atoms with Crippen LogP contribution in [-0.4, -0.2) is 70.7 Å². The Hall–Kier alpha value is -2.90. The molecule has 7 nitrogen and oxygen atoms in total. The zero-order chi connectivity index (χ0) is 24.7. The molecule has 7 heteroatoms. The number of carboxylic acid groups (broad SMARTS) is 1. The van der Waals surface area contributed by atoms with Gasteiger partial charge in [0.1, 0.15) is 11.8 Å². The van der Waals surface area contributed by atoms with Gasteiger partial charge < -0.3 is 25.7 Å². The maximum Gasteiger partial charge on any atom is 0.326 e. The third-order valence-corrected chi connectivity index (χ3v) is 7.34. The quantitative estimate of drug-likeness (QED) is 0.496. The standard InChI is InChI=1S/C27H37N3O4/c1-20-19-29(15-12-27(20,2)22-9-6-10-23(31)18-22)14-11-25(32)30(16-13-28)24(26(33)34)17-21-7-4-3-5-8-21/h3-10,18,20,24,31H,11-17,19,28H2,1-2H3,(H,33,34)/t20-,24-,27+/m0/s1. The molecule has 0 aromatic heterocycles. The minimum atomic E-state index is -1.01. The van der Waals surface area contributed by atoms with Crippen LogP contribution < -0.4 is 5.73 Å². The fraction of sp³-hybridized carbons (Fsp3) is 0.481. The summed E-state index contributed by atoms with van der Waals surface area (Å²) in [7, 11) is 0. The third-order valence-electron chi connectivity index (χ3n) is 7.34. The number of piperidine rings is 1. The van der Waals surface area contributed by atoms with Crippen molar-refractivity contribution in [3.63, 3.8) is 0 Å². The highest BCUT2D eigenvalue weighted by atomic mass is 16.4. The number of hydrogen-bond donors (Lipinski definition) is 3. The van der Waals surface area contributed by atoms with Crippen molar-refractivity contribution in [1.82, 2.24) is 9.80 Å². The zero-order valence-corrected chi connectivity index (χ0v) is 20.2. The van der Waals surface area contributed by atoms with E-state index in [1.807, 2.05) is 42.5 Å². The summed E-state index contributed by atoms with van der Waals surface area (Å²) in [5.74, 6) is -0.576. The van der Waals surface area contributed by atoms with Crippen LogP contribution in [0.5, 0.6) is 5.75 Å². The van der Waals surface area contributed by atoms with E-state index in [0.29, 0.717) is 12.5 Å². The molecule has 184 valence electrons. The van der Waals surface area contributed by atoms with Gasteiger partial charge >= 0.3 is 5.97 Å². The number of carboxylic acids is 1. The second-order valence-electron chi connectivity index (χ2n) is 9.59. The average molecular weight is 468 g/mol. The number of phenols is 1. The van der Waals surface area contributed by atoms with Crippen LogP contribution in [-0.2, 0) is 21.4 Å². The number of carbonyl (C=O) groups excluding carboxylic acids is 1. The summed E-state index contributed by atoms with van der Waals surface area (Å²) in [6.45, 7) is 7.13. The number of likely N-dealkylation sites (tertiary alicyclic amines) is 1. The minimum absolute atomic E-state index is 0.0467. The van der Waals surface area contributed by atoms with Crippen LogP contribution in [0.1, 0.15) is 37.8 Å². The molecule has 0 aliphatic carbocycles. The van der Waals surface area contributed by atoms with E-state index in [0.717, 1.165) is 30.6 Å². The second kappa shape index (κ2) is 11.5. The first-order chi connectivity index (χ1) is 16.2. The number of aromatic hydroxyl groups is 1. The molecule has 2 aromatic rings. The third kappa shape index (κ3) is 6.15. The number of phenolic OH excluding ortho intramolecular Hbond substituents is 1. The summed E-state index contributed by atoms with van der Waals surface area (Å²) in [5.41, 5.74) is 7.70. The summed E-state index contributed by atoms with van der Waals surface area (Å²) in [6.07, 6.45) is 1.43. The summed E-state index contributed by atoms with van der Waals surface area (Å²) in [4.78, 5) is 28.9. The maximum atomic E-state index is 13.1. The first kappa shape index (κ1) is 25.7. The first-order valence-corrected chi connectivity index (χ1v) is 12.0. The predicted octanol–water partition coefficient (Wildman–Crippen LogP) is 2.87. The molecule has 1 saturated heterocycles. The lowest BCUT2D eigenvalue weighted by atomic mass is 9.68. The van der Waals surface area contributed by atoms with Crippen LogP contribution in [0.15, 0.2) is 54.6 Å². The molecule has 1 heterocycles. The van der Waals surface area contributed by atoms with E-state index < -0.39 is 12.0 Å². The lowest BCUT2D eigenvalue weighted by Gasteiger charge is -2.45. The van der Waals surface area contributed by atoms with Gasteiger partial charge in [-0.1, -0.05) is 56.3 Å². The number of aliphatic carboxylic acids is 1. The van der Waals surface area contributed by atoms with Gasteiger partial charge in [-0.3, -0.25) is 4.79 Å². The SMILES string of the molecule is C[C@H]1CN(CCC(=O)N(CCN)[C@@H](Cc2ccccc2)C(=O)O)CC[C@@]1(C)c1cccc(O)c1. The lowest BCUT2D eigenvalue weighted by Crippen LogP contribution is -2.50. The van der Waals surface area contributed by atoms with Crippen molar-refractivity contribution < 1.29 is 19.8 Å². The lowest BCUT2D eigenvalue weighted by molar-refractivity contribution is -0.150. The van der Waals surface area contributed by atoms with Crippen molar-refractivity contribution in [1.29, 1.82) is 0 Å². The molecule has 1 fully saturated rings. The van der Waals surface area contributed by atoms with Crippen LogP contribution in [0.4, 0.5) is 0 Å². The van der Waals surface area contributed by atoms with E-state index in [9.17, 15) is 19.8 Å². The van der Waals surface area contributed by atoms with Crippen molar-refractivity contribution >= 4 is 11.9 Å². The van der Waals surface area contributed by atoms with Gasteiger partial charge in [-0.2, -0.15) is 0 Å². The Labute approximate surface area is 202 Å². The molecule has 0 unspecified atom stereocenters. The van der Waals surface area contributed by atoms with E-state index in [1.54, 1.807) is 6.07 Å².